The topological polar surface area (TPSA) is 115 Å². The number of ether oxygens (including phenoxy) is 2. The third kappa shape index (κ3) is 3.48. The predicted octanol–water partition coefficient (Wildman–Crippen LogP) is 2.44. The van der Waals surface area contributed by atoms with Crippen LogP contribution in [-0.4, -0.2) is 46.6 Å². The zero-order valence-corrected chi connectivity index (χ0v) is 15.0. The lowest BCUT2D eigenvalue weighted by atomic mass is 10.1. The van der Waals surface area contributed by atoms with Crippen molar-refractivity contribution in [1.82, 2.24) is 4.57 Å². The van der Waals surface area contributed by atoms with E-state index in [0.717, 1.165) is 0 Å². The van der Waals surface area contributed by atoms with E-state index < -0.39 is 35.0 Å². The monoisotopic (exact) mass is 374 g/mol. The first-order chi connectivity index (χ1) is 12.6. The van der Waals surface area contributed by atoms with Gasteiger partial charge in [0, 0.05) is 11.1 Å². The van der Waals surface area contributed by atoms with E-state index >= 15 is 0 Å². The highest BCUT2D eigenvalue weighted by Crippen LogP contribution is 2.24. The van der Waals surface area contributed by atoms with Crippen molar-refractivity contribution < 1.29 is 29.0 Å². The number of carbonyl (C=O) groups excluding carboxylic acids is 2. The molecule has 1 aromatic carbocycles. The molecule has 142 valence electrons. The maximum atomic E-state index is 12.9. The molecule has 9 nitrogen and oxygen atoms in total. The average Bonchev–Trinajstić information content (AvgIpc) is 2.98. The number of aromatic carboxylic acids is 1. The molecule has 1 fully saturated rings. The Hall–Kier alpha value is -3.36. The van der Waals surface area contributed by atoms with Crippen molar-refractivity contribution in [1.29, 1.82) is 0 Å². The fourth-order valence-corrected chi connectivity index (χ4v) is 2.74. The zero-order valence-electron chi connectivity index (χ0n) is 15.0. The molecule has 1 aliphatic heterocycles. The van der Waals surface area contributed by atoms with Gasteiger partial charge in [0.05, 0.1) is 6.54 Å². The molecule has 1 N–H and O–H groups in total. The fourth-order valence-electron chi connectivity index (χ4n) is 2.74. The van der Waals surface area contributed by atoms with E-state index in [0.29, 0.717) is 22.2 Å². The van der Waals surface area contributed by atoms with Gasteiger partial charge in [-0.15, -0.1) is 0 Å². The van der Waals surface area contributed by atoms with Gasteiger partial charge in [-0.3, -0.25) is 9.69 Å². The average molecular weight is 374 g/mol. The van der Waals surface area contributed by atoms with Crippen molar-refractivity contribution >= 4 is 34.6 Å². The molecule has 0 unspecified atom stereocenters. The number of fused-ring (bicyclic) bond motifs is 1. The molecule has 0 saturated carbocycles. The number of hydrogen-bond donors (Lipinski definition) is 1. The molecule has 0 radical (unpaired) electrons. The van der Waals surface area contributed by atoms with Crippen molar-refractivity contribution in [2.75, 3.05) is 18.1 Å². The van der Waals surface area contributed by atoms with Crippen LogP contribution in [0.5, 0.6) is 0 Å². The van der Waals surface area contributed by atoms with Gasteiger partial charge in [-0.05, 0) is 44.4 Å². The number of cyclic esters (lactones) is 1. The minimum atomic E-state index is -1.44. The number of carboxylic acid groups (broad SMARTS) is 1. The lowest BCUT2D eigenvalue weighted by Gasteiger charge is -2.21. The molecule has 9 heteroatoms. The standard InChI is InChI=1S/C18H18N2O7/c1-18(2,3)27-17(25)20-13(15(22)23)8-10-4-5-11(9-12(10)14(20)21)19-6-7-26-16(19)24/h4-5,8-9H,6-7H2,1-3H3,(H,22,23). The van der Waals surface area contributed by atoms with Crippen molar-refractivity contribution in [2.45, 2.75) is 26.4 Å². The normalized spacial score (nSPS) is 14.3. The molecule has 1 aromatic heterocycles. The van der Waals surface area contributed by atoms with Crippen LogP contribution in [0, 0.1) is 0 Å². The third-order valence-electron chi connectivity index (χ3n) is 3.87. The first-order valence-corrected chi connectivity index (χ1v) is 8.19. The van der Waals surface area contributed by atoms with Crippen LogP contribution in [0.3, 0.4) is 0 Å². The van der Waals surface area contributed by atoms with Gasteiger partial charge in [0.15, 0.2) is 0 Å². The molecular formula is C18H18N2O7. The van der Waals surface area contributed by atoms with Gasteiger partial charge in [0.25, 0.3) is 5.56 Å². The van der Waals surface area contributed by atoms with Gasteiger partial charge in [-0.1, -0.05) is 6.07 Å². The van der Waals surface area contributed by atoms with Crippen molar-refractivity contribution in [2.24, 2.45) is 0 Å². The van der Waals surface area contributed by atoms with E-state index in [9.17, 15) is 24.3 Å². The number of amides is 1. The van der Waals surface area contributed by atoms with E-state index in [-0.39, 0.29) is 12.0 Å². The van der Waals surface area contributed by atoms with Gasteiger partial charge in [-0.2, -0.15) is 0 Å². The maximum absolute atomic E-state index is 12.9. The molecule has 1 aliphatic rings. The molecule has 0 bridgehead atoms. The number of hydrogen-bond acceptors (Lipinski definition) is 6. The predicted molar refractivity (Wildman–Crippen MR) is 95.5 cm³/mol. The highest BCUT2D eigenvalue weighted by Gasteiger charge is 2.27. The largest absolute Gasteiger partial charge is 0.477 e. The van der Waals surface area contributed by atoms with E-state index in [1.54, 1.807) is 26.8 Å². The Labute approximate surface area is 153 Å². The van der Waals surface area contributed by atoms with E-state index in [4.69, 9.17) is 9.47 Å². The first kappa shape index (κ1) is 18.4. The number of anilines is 1. The van der Waals surface area contributed by atoms with Crippen molar-refractivity contribution in [3.63, 3.8) is 0 Å². The SMILES string of the molecule is CC(C)(C)OC(=O)n1c(C(=O)O)cc2ccc(N3CCOC3=O)cc2c1=O. The van der Waals surface area contributed by atoms with Crippen LogP contribution >= 0.6 is 0 Å². The summed E-state index contributed by atoms with van der Waals surface area (Å²) in [6.45, 7) is 5.38. The molecule has 0 atom stereocenters. The highest BCUT2D eigenvalue weighted by molar-refractivity contribution is 5.98. The zero-order chi connectivity index (χ0) is 19.9. The van der Waals surface area contributed by atoms with Crippen LogP contribution in [0.4, 0.5) is 15.3 Å². The minimum Gasteiger partial charge on any atom is -0.477 e. The summed E-state index contributed by atoms with van der Waals surface area (Å²) in [4.78, 5) is 50.0. The molecule has 2 aromatic rings. The number of carbonyl (C=O) groups is 3. The number of carboxylic acids is 1. The Morgan fingerprint density at radius 1 is 1.19 bits per heavy atom. The van der Waals surface area contributed by atoms with Crippen molar-refractivity contribution in [3.8, 4) is 0 Å². The summed E-state index contributed by atoms with van der Waals surface area (Å²) >= 11 is 0. The van der Waals surface area contributed by atoms with Crippen molar-refractivity contribution in [3.05, 3.63) is 40.3 Å². The van der Waals surface area contributed by atoms with Crippen LogP contribution in [-0.2, 0) is 9.47 Å². The summed E-state index contributed by atoms with van der Waals surface area (Å²) in [6.07, 6.45) is -1.62. The molecule has 27 heavy (non-hydrogen) atoms. The smallest absolute Gasteiger partial charge is 0.422 e. The highest BCUT2D eigenvalue weighted by atomic mass is 16.6. The van der Waals surface area contributed by atoms with Gasteiger partial charge in [0.1, 0.15) is 17.9 Å². The Kier molecular flexibility index (Phi) is 4.38. The quantitative estimate of drug-likeness (QED) is 0.858. The second-order valence-corrected chi connectivity index (χ2v) is 6.99. The van der Waals surface area contributed by atoms with Gasteiger partial charge in [0.2, 0.25) is 0 Å². The summed E-state index contributed by atoms with van der Waals surface area (Å²) in [5.74, 6) is -1.44. The van der Waals surface area contributed by atoms with E-state index in [1.807, 2.05) is 0 Å². The van der Waals surface area contributed by atoms with Crippen LogP contribution < -0.4 is 10.5 Å². The number of benzene rings is 1. The van der Waals surface area contributed by atoms with Gasteiger partial charge >= 0.3 is 18.2 Å². The molecule has 1 saturated heterocycles. The Morgan fingerprint density at radius 2 is 1.89 bits per heavy atom. The number of pyridine rings is 1. The van der Waals surface area contributed by atoms with E-state index in [2.05, 4.69) is 0 Å². The lowest BCUT2D eigenvalue weighted by Crippen LogP contribution is -2.36. The van der Waals surface area contributed by atoms with Crippen LogP contribution in [0.25, 0.3) is 10.8 Å². The van der Waals surface area contributed by atoms with Crippen LogP contribution in [0.2, 0.25) is 0 Å². The van der Waals surface area contributed by atoms with Gasteiger partial charge < -0.3 is 14.6 Å². The summed E-state index contributed by atoms with van der Waals surface area (Å²) < 4.78 is 10.5. The second kappa shape index (κ2) is 6.42. The fraction of sp³-hybridized carbons (Fsp3) is 0.333. The molecule has 1 amide bonds. The minimum absolute atomic E-state index is 0.0862. The first-order valence-electron chi connectivity index (χ1n) is 8.19. The molecule has 0 aliphatic carbocycles. The Bertz CT molecular complexity index is 1020. The second-order valence-electron chi connectivity index (χ2n) is 6.99. The Morgan fingerprint density at radius 3 is 2.44 bits per heavy atom. The van der Waals surface area contributed by atoms with Crippen LogP contribution in [0.15, 0.2) is 29.1 Å². The summed E-state index contributed by atoms with van der Waals surface area (Å²) in [5, 5.41) is 9.84. The molecule has 0 spiro atoms. The summed E-state index contributed by atoms with van der Waals surface area (Å²) in [5.41, 5.74) is -1.84. The molecule has 2 heterocycles. The maximum Gasteiger partial charge on any atom is 0.422 e. The number of rotatable bonds is 2. The Balaban J connectivity index is 2.20. The third-order valence-corrected chi connectivity index (χ3v) is 3.87. The molecule has 3 rings (SSSR count). The summed E-state index contributed by atoms with van der Waals surface area (Å²) in [6, 6.07) is 5.74. The summed E-state index contributed by atoms with van der Waals surface area (Å²) in [7, 11) is 0. The van der Waals surface area contributed by atoms with E-state index in [1.165, 1.54) is 23.1 Å². The number of aromatic nitrogens is 1. The lowest BCUT2D eigenvalue weighted by molar-refractivity contribution is 0.0498. The molecular weight excluding hydrogens is 356 g/mol. The number of nitrogens with zero attached hydrogens (tertiary/aromatic N) is 2. The van der Waals surface area contributed by atoms with Crippen LogP contribution in [0.1, 0.15) is 31.3 Å². The van der Waals surface area contributed by atoms with Gasteiger partial charge in [-0.25, -0.2) is 19.0 Å².